The van der Waals surface area contributed by atoms with Crippen LogP contribution in [0.25, 0.3) is 0 Å². The maximum absolute atomic E-state index is 12.7. The molecule has 0 aliphatic heterocycles. The highest BCUT2D eigenvalue weighted by Gasteiger charge is 2.22. The van der Waals surface area contributed by atoms with Gasteiger partial charge in [0.05, 0.1) is 17.7 Å². The normalized spacial score (nSPS) is 14.8. The quantitative estimate of drug-likeness (QED) is 0.605. The van der Waals surface area contributed by atoms with Gasteiger partial charge in [-0.25, -0.2) is 13.1 Å². The van der Waals surface area contributed by atoms with Crippen LogP contribution in [-0.4, -0.2) is 34.1 Å². The average molecular weight is 467 g/mol. The zero-order valence-electron chi connectivity index (χ0n) is 17.6. The van der Waals surface area contributed by atoms with Gasteiger partial charge in [0.25, 0.3) is 5.91 Å². The van der Waals surface area contributed by atoms with Crippen molar-refractivity contribution < 1.29 is 22.7 Å². The van der Waals surface area contributed by atoms with Gasteiger partial charge in [-0.1, -0.05) is 30.9 Å². The van der Waals surface area contributed by atoms with Gasteiger partial charge in [-0.15, -0.1) is 0 Å². The predicted octanol–water partition coefficient (Wildman–Crippen LogP) is 4.29. The number of carbonyl (C=O) groups is 1. The summed E-state index contributed by atoms with van der Waals surface area (Å²) in [4.78, 5) is 12.5. The first-order valence-corrected chi connectivity index (χ1v) is 12.0. The summed E-state index contributed by atoms with van der Waals surface area (Å²) in [6.07, 6.45) is 4.98. The minimum absolute atomic E-state index is 0.0119. The van der Waals surface area contributed by atoms with Crippen LogP contribution in [0.4, 0.5) is 5.69 Å². The highest BCUT2D eigenvalue weighted by Crippen LogP contribution is 2.28. The van der Waals surface area contributed by atoms with Gasteiger partial charge in [-0.3, -0.25) is 4.79 Å². The molecule has 0 bridgehead atoms. The fraction of sp³-hybridized carbons (Fsp3) is 0.409. The Hall–Kier alpha value is -2.29. The number of benzene rings is 2. The first kappa shape index (κ1) is 23.4. The fourth-order valence-corrected chi connectivity index (χ4v) is 5.13. The number of halogens is 1. The molecule has 1 aliphatic rings. The zero-order valence-corrected chi connectivity index (χ0v) is 19.2. The number of hydrogen-bond donors (Lipinski definition) is 2. The Labute approximate surface area is 188 Å². The number of aryl methyl sites for hydroxylation is 1. The number of nitrogens with one attached hydrogen (secondary N) is 2. The van der Waals surface area contributed by atoms with E-state index in [1.165, 1.54) is 13.2 Å². The van der Waals surface area contributed by atoms with Gasteiger partial charge < -0.3 is 14.8 Å². The lowest BCUT2D eigenvalue weighted by Crippen LogP contribution is -2.36. The summed E-state index contributed by atoms with van der Waals surface area (Å²) in [7, 11) is -2.10. The average Bonchev–Trinajstić information content (AvgIpc) is 2.73. The molecule has 0 atom stereocenters. The molecule has 0 unspecified atom stereocenters. The van der Waals surface area contributed by atoms with Gasteiger partial charge in [-0.2, -0.15) is 0 Å². The number of methoxy groups -OCH3 is 1. The summed E-state index contributed by atoms with van der Waals surface area (Å²) >= 11 is 5.97. The molecule has 2 aromatic carbocycles. The largest absolute Gasteiger partial charge is 0.495 e. The lowest BCUT2D eigenvalue weighted by atomic mass is 9.96. The van der Waals surface area contributed by atoms with Gasteiger partial charge in [0.1, 0.15) is 11.5 Å². The van der Waals surface area contributed by atoms with E-state index >= 15 is 0 Å². The molecule has 3 rings (SSSR count). The molecule has 0 aromatic heterocycles. The molecule has 1 saturated carbocycles. The Morgan fingerprint density at radius 3 is 2.48 bits per heavy atom. The molecule has 1 amide bonds. The second-order valence-electron chi connectivity index (χ2n) is 7.56. The SMILES string of the molecule is COc1ccc(Cl)cc1NC(=O)COc1ccc(S(=O)(=O)NC2CCCCC2)cc1C. The van der Waals surface area contributed by atoms with E-state index in [0.717, 1.165) is 32.1 Å². The Morgan fingerprint density at radius 2 is 1.81 bits per heavy atom. The molecule has 31 heavy (non-hydrogen) atoms. The van der Waals surface area contributed by atoms with Crippen LogP contribution in [0.1, 0.15) is 37.7 Å². The van der Waals surface area contributed by atoms with Crippen molar-refractivity contribution in [2.75, 3.05) is 19.0 Å². The first-order chi connectivity index (χ1) is 14.8. The topological polar surface area (TPSA) is 93.7 Å². The van der Waals surface area contributed by atoms with E-state index in [-0.39, 0.29) is 17.5 Å². The summed E-state index contributed by atoms with van der Waals surface area (Å²) < 4.78 is 39.0. The number of ether oxygens (including phenoxy) is 2. The van der Waals surface area contributed by atoms with Crippen LogP contribution >= 0.6 is 11.6 Å². The van der Waals surface area contributed by atoms with Gasteiger partial charge in [0.15, 0.2) is 6.61 Å². The molecule has 1 fully saturated rings. The Bertz CT molecular complexity index is 1040. The summed E-state index contributed by atoms with van der Waals surface area (Å²) in [5, 5.41) is 3.16. The van der Waals surface area contributed by atoms with Gasteiger partial charge in [-0.05, 0) is 61.7 Å². The molecular weight excluding hydrogens is 440 g/mol. The van der Waals surface area contributed by atoms with Crippen LogP contribution in [0.5, 0.6) is 11.5 Å². The number of sulfonamides is 1. The maximum atomic E-state index is 12.7. The lowest BCUT2D eigenvalue weighted by molar-refractivity contribution is -0.118. The van der Waals surface area contributed by atoms with Crippen LogP contribution in [0.15, 0.2) is 41.3 Å². The van der Waals surface area contributed by atoms with Crippen molar-refractivity contribution in [3.63, 3.8) is 0 Å². The number of hydrogen-bond acceptors (Lipinski definition) is 5. The van der Waals surface area contributed by atoms with E-state index in [2.05, 4.69) is 10.0 Å². The van der Waals surface area contributed by atoms with Crippen molar-refractivity contribution in [2.24, 2.45) is 0 Å². The smallest absolute Gasteiger partial charge is 0.262 e. The second-order valence-corrected chi connectivity index (χ2v) is 9.72. The number of rotatable bonds is 8. The van der Waals surface area contributed by atoms with E-state index in [0.29, 0.717) is 27.8 Å². The van der Waals surface area contributed by atoms with Gasteiger partial charge in [0.2, 0.25) is 10.0 Å². The molecule has 1 aliphatic carbocycles. The van der Waals surface area contributed by atoms with Crippen molar-refractivity contribution in [3.05, 3.63) is 47.0 Å². The summed E-state index contributed by atoms with van der Waals surface area (Å²) in [6.45, 7) is 1.50. The Morgan fingerprint density at radius 1 is 1.10 bits per heavy atom. The highest BCUT2D eigenvalue weighted by molar-refractivity contribution is 7.89. The van der Waals surface area contributed by atoms with E-state index in [1.807, 2.05) is 0 Å². The summed E-state index contributed by atoms with van der Waals surface area (Å²) in [5.74, 6) is 0.523. The monoisotopic (exact) mass is 466 g/mol. The molecule has 0 radical (unpaired) electrons. The third-order valence-electron chi connectivity index (χ3n) is 5.18. The van der Waals surface area contributed by atoms with Crippen LogP contribution in [-0.2, 0) is 14.8 Å². The van der Waals surface area contributed by atoms with Crippen LogP contribution in [0.2, 0.25) is 5.02 Å². The van der Waals surface area contributed by atoms with Gasteiger partial charge in [0, 0.05) is 11.1 Å². The third kappa shape index (κ3) is 6.35. The number of carbonyl (C=O) groups excluding carboxylic acids is 1. The minimum atomic E-state index is -3.59. The molecule has 7 nitrogen and oxygen atoms in total. The van der Waals surface area contributed by atoms with E-state index in [4.69, 9.17) is 21.1 Å². The summed E-state index contributed by atoms with van der Waals surface area (Å²) in [6, 6.07) is 9.50. The van der Waals surface area contributed by atoms with Crippen molar-refractivity contribution in [3.8, 4) is 11.5 Å². The van der Waals surface area contributed by atoms with Crippen molar-refractivity contribution >= 4 is 33.2 Å². The zero-order chi connectivity index (χ0) is 22.4. The van der Waals surface area contributed by atoms with Crippen LogP contribution in [0, 0.1) is 6.92 Å². The standard InChI is InChI=1S/C22H27ClN2O5S/c1-15-12-18(31(27,28)25-17-6-4-3-5-7-17)9-11-20(15)30-14-22(26)24-19-13-16(23)8-10-21(19)29-2/h8-13,17,25H,3-7,14H2,1-2H3,(H,24,26). The first-order valence-electron chi connectivity index (χ1n) is 10.2. The molecule has 0 heterocycles. The number of amides is 1. The van der Waals surface area contributed by atoms with Crippen molar-refractivity contribution in [2.45, 2.75) is 50.0 Å². The molecule has 2 N–H and O–H groups in total. The molecular formula is C22H27ClN2O5S. The molecule has 168 valence electrons. The Balaban J connectivity index is 1.61. The van der Waals surface area contributed by atoms with Gasteiger partial charge >= 0.3 is 0 Å². The van der Waals surface area contributed by atoms with E-state index < -0.39 is 15.9 Å². The number of anilines is 1. The van der Waals surface area contributed by atoms with Crippen molar-refractivity contribution in [1.82, 2.24) is 4.72 Å². The predicted molar refractivity (Wildman–Crippen MR) is 121 cm³/mol. The van der Waals surface area contributed by atoms with Crippen molar-refractivity contribution in [1.29, 1.82) is 0 Å². The molecule has 0 spiro atoms. The van der Waals surface area contributed by atoms with Crippen LogP contribution in [0.3, 0.4) is 0 Å². The Kier molecular flexibility index (Phi) is 7.80. The second kappa shape index (κ2) is 10.3. The molecule has 2 aromatic rings. The molecule has 0 saturated heterocycles. The maximum Gasteiger partial charge on any atom is 0.262 e. The van der Waals surface area contributed by atoms with E-state index in [1.54, 1.807) is 37.3 Å². The third-order valence-corrected chi connectivity index (χ3v) is 6.93. The minimum Gasteiger partial charge on any atom is -0.495 e. The highest BCUT2D eigenvalue weighted by atomic mass is 35.5. The fourth-order valence-electron chi connectivity index (χ4n) is 3.57. The summed E-state index contributed by atoms with van der Waals surface area (Å²) in [5.41, 5.74) is 1.07. The molecule has 9 heteroatoms. The van der Waals surface area contributed by atoms with E-state index in [9.17, 15) is 13.2 Å². The van der Waals surface area contributed by atoms with Crippen LogP contribution < -0.4 is 19.5 Å². The lowest BCUT2D eigenvalue weighted by Gasteiger charge is -2.22.